The number of thiazole rings is 1. The van der Waals surface area contributed by atoms with Crippen molar-refractivity contribution in [1.82, 2.24) is 4.98 Å². The van der Waals surface area contributed by atoms with Gasteiger partial charge in [-0.05, 0) is 26.5 Å². The van der Waals surface area contributed by atoms with Crippen molar-refractivity contribution in [2.75, 3.05) is 30.5 Å². The standard InChI is InChI=1S/C15H23N3O5S2/c1-5-24-7-6-21-13(20)12(10-9-25-14(16)17-10)18-22-8-11(19)23-15(2,3)4/h9H,5-8H2,1-4H3,(H2,16,17)/b18-12-. The van der Waals surface area contributed by atoms with Gasteiger partial charge in [0.15, 0.2) is 5.13 Å². The quantitative estimate of drug-likeness (QED) is 0.296. The molecule has 0 saturated carbocycles. The number of aromatic nitrogens is 1. The van der Waals surface area contributed by atoms with Gasteiger partial charge in [0.2, 0.25) is 12.3 Å². The summed E-state index contributed by atoms with van der Waals surface area (Å²) in [4.78, 5) is 32.8. The minimum absolute atomic E-state index is 0.141. The van der Waals surface area contributed by atoms with Crippen LogP contribution in [0.4, 0.5) is 5.13 Å². The SMILES string of the molecule is CCSCCOC(=O)/C(=N\OCC(=O)OC(C)(C)C)c1csc(N)n1. The third-order valence-corrected chi connectivity index (χ3v) is 3.92. The molecule has 0 amide bonds. The maximum Gasteiger partial charge on any atom is 0.362 e. The lowest BCUT2D eigenvalue weighted by Crippen LogP contribution is -2.26. The van der Waals surface area contributed by atoms with Crippen molar-refractivity contribution < 1.29 is 23.9 Å². The van der Waals surface area contributed by atoms with E-state index < -0.39 is 24.1 Å². The largest absolute Gasteiger partial charge is 0.460 e. The van der Waals surface area contributed by atoms with Crippen molar-refractivity contribution in [2.45, 2.75) is 33.3 Å². The number of ether oxygens (including phenoxy) is 2. The summed E-state index contributed by atoms with van der Waals surface area (Å²) in [5, 5.41) is 5.54. The number of carbonyl (C=O) groups excluding carboxylic acids is 2. The molecule has 2 N–H and O–H groups in total. The van der Waals surface area contributed by atoms with Crippen molar-refractivity contribution in [2.24, 2.45) is 5.16 Å². The molecule has 0 bridgehead atoms. The topological polar surface area (TPSA) is 113 Å². The molecule has 0 aliphatic rings. The summed E-state index contributed by atoms with van der Waals surface area (Å²) in [6.45, 7) is 7.04. The maximum absolute atomic E-state index is 12.2. The summed E-state index contributed by atoms with van der Waals surface area (Å²) in [6, 6.07) is 0. The monoisotopic (exact) mass is 389 g/mol. The van der Waals surface area contributed by atoms with Gasteiger partial charge in [-0.3, -0.25) is 0 Å². The number of nitrogen functional groups attached to an aromatic ring is 1. The van der Waals surface area contributed by atoms with E-state index in [0.717, 1.165) is 17.1 Å². The van der Waals surface area contributed by atoms with Crippen LogP contribution in [0.25, 0.3) is 0 Å². The summed E-state index contributed by atoms with van der Waals surface area (Å²) in [7, 11) is 0. The normalized spacial score (nSPS) is 11.9. The first-order valence-corrected chi connectivity index (χ1v) is 9.64. The number of hydrogen-bond donors (Lipinski definition) is 1. The van der Waals surface area contributed by atoms with E-state index in [1.807, 2.05) is 6.92 Å². The summed E-state index contributed by atoms with van der Waals surface area (Å²) < 4.78 is 10.2. The number of carbonyl (C=O) groups is 2. The molecule has 8 nitrogen and oxygen atoms in total. The van der Waals surface area contributed by atoms with Gasteiger partial charge in [0, 0.05) is 11.1 Å². The highest BCUT2D eigenvalue weighted by atomic mass is 32.2. The van der Waals surface area contributed by atoms with E-state index in [1.165, 1.54) is 0 Å². The van der Waals surface area contributed by atoms with Gasteiger partial charge in [-0.15, -0.1) is 11.3 Å². The predicted octanol–water partition coefficient (Wildman–Crippen LogP) is 2.08. The zero-order valence-electron chi connectivity index (χ0n) is 14.7. The van der Waals surface area contributed by atoms with Crippen molar-refractivity contribution in [3.8, 4) is 0 Å². The molecule has 10 heteroatoms. The molecule has 1 aromatic heterocycles. The predicted molar refractivity (Wildman–Crippen MR) is 98.8 cm³/mol. The molecule has 140 valence electrons. The zero-order chi connectivity index (χ0) is 18.9. The van der Waals surface area contributed by atoms with E-state index in [2.05, 4.69) is 10.1 Å². The molecular formula is C15H23N3O5S2. The zero-order valence-corrected chi connectivity index (χ0v) is 16.4. The average Bonchev–Trinajstić information content (AvgIpc) is 2.92. The molecule has 0 radical (unpaired) electrons. The number of rotatable bonds is 9. The highest BCUT2D eigenvalue weighted by molar-refractivity contribution is 7.99. The second kappa shape index (κ2) is 10.2. The third-order valence-electron chi connectivity index (χ3n) is 2.38. The number of oxime groups is 1. The molecule has 0 atom stereocenters. The van der Waals surface area contributed by atoms with Crippen LogP contribution < -0.4 is 5.73 Å². The Morgan fingerprint density at radius 2 is 2.12 bits per heavy atom. The summed E-state index contributed by atoms with van der Waals surface area (Å²) in [6.07, 6.45) is 0. The minimum Gasteiger partial charge on any atom is -0.460 e. The van der Waals surface area contributed by atoms with E-state index in [-0.39, 0.29) is 23.1 Å². The van der Waals surface area contributed by atoms with Gasteiger partial charge in [0.25, 0.3) is 0 Å². The molecule has 0 spiro atoms. The molecule has 0 fully saturated rings. The average molecular weight is 389 g/mol. The highest BCUT2D eigenvalue weighted by Crippen LogP contribution is 2.13. The van der Waals surface area contributed by atoms with Crippen LogP contribution in [0.5, 0.6) is 0 Å². The fourth-order valence-corrected chi connectivity index (χ4v) is 2.55. The summed E-state index contributed by atoms with van der Waals surface area (Å²) >= 11 is 2.80. The lowest BCUT2D eigenvalue weighted by Gasteiger charge is -2.18. The Bertz CT molecular complexity index is 611. The second-order valence-corrected chi connectivity index (χ2v) is 7.99. The first-order valence-electron chi connectivity index (χ1n) is 7.61. The molecule has 0 aliphatic carbocycles. The lowest BCUT2D eigenvalue weighted by atomic mass is 10.2. The Balaban J connectivity index is 2.71. The van der Waals surface area contributed by atoms with Gasteiger partial charge < -0.3 is 20.0 Å². The van der Waals surface area contributed by atoms with Gasteiger partial charge in [0.05, 0.1) is 0 Å². The lowest BCUT2D eigenvalue weighted by molar-refractivity contribution is -0.160. The number of anilines is 1. The molecular weight excluding hydrogens is 366 g/mol. The Labute approximate surface area is 155 Å². The Morgan fingerprint density at radius 3 is 2.68 bits per heavy atom. The van der Waals surface area contributed by atoms with E-state index in [0.29, 0.717) is 5.75 Å². The maximum atomic E-state index is 12.2. The first-order chi connectivity index (χ1) is 11.7. The minimum atomic E-state index is -0.689. The van der Waals surface area contributed by atoms with Crippen molar-refractivity contribution in [3.05, 3.63) is 11.1 Å². The molecule has 0 aromatic carbocycles. The third kappa shape index (κ3) is 8.73. The summed E-state index contributed by atoms with van der Waals surface area (Å²) in [5.41, 5.74) is 5.05. The van der Waals surface area contributed by atoms with Gasteiger partial charge in [-0.2, -0.15) is 11.8 Å². The first kappa shape index (κ1) is 21.2. The summed E-state index contributed by atoms with van der Waals surface area (Å²) in [5.74, 6) is 0.320. The smallest absolute Gasteiger partial charge is 0.362 e. The van der Waals surface area contributed by atoms with Crippen LogP contribution in [0.3, 0.4) is 0 Å². The van der Waals surface area contributed by atoms with Crippen molar-refractivity contribution in [3.63, 3.8) is 0 Å². The Kier molecular flexibility index (Phi) is 8.70. The van der Waals surface area contributed by atoms with Gasteiger partial charge in [-0.25, -0.2) is 14.6 Å². The number of esters is 2. The van der Waals surface area contributed by atoms with Crippen LogP contribution in [0.15, 0.2) is 10.5 Å². The molecule has 0 unspecified atom stereocenters. The van der Waals surface area contributed by atoms with Gasteiger partial charge >= 0.3 is 11.9 Å². The Morgan fingerprint density at radius 1 is 1.40 bits per heavy atom. The van der Waals surface area contributed by atoms with E-state index >= 15 is 0 Å². The number of nitrogens with zero attached hydrogens (tertiary/aromatic N) is 2. The molecule has 1 heterocycles. The van der Waals surface area contributed by atoms with Gasteiger partial charge in [-0.1, -0.05) is 12.1 Å². The molecule has 0 aliphatic heterocycles. The Hall–Kier alpha value is -1.81. The van der Waals surface area contributed by atoms with Crippen LogP contribution in [0.2, 0.25) is 0 Å². The van der Waals surface area contributed by atoms with E-state index in [9.17, 15) is 9.59 Å². The molecule has 25 heavy (non-hydrogen) atoms. The molecule has 0 saturated heterocycles. The number of hydrogen-bond acceptors (Lipinski definition) is 10. The number of thioether (sulfide) groups is 1. The van der Waals surface area contributed by atoms with Crippen LogP contribution in [-0.4, -0.2) is 53.0 Å². The van der Waals surface area contributed by atoms with Crippen molar-refractivity contribution in [1.29, 1.82) is 0 Å². The van der Waals surface area contributed by atoms with Crippen molar-refractivity contribution >= 4 is 45.9 Å². The van der Waals surface area contributed by atoms with Crippen LogP contribution in [-0.2, 0) is 23.9 Å². The second-order valence-electron chi connectivity index (χ2n) is 5.70. The fraction of sp³-hybridized carbons (Fsp3) is 0.600. The van der Waals surface area contributed by atoms with E-state index in [1.54, 1.807) is 37.9 Å². The molecule has 1 aromatic rings. The van der Waals surface area contributed by atoms with Crippen LogP contribution in [0.1, 0.15) is 33.4 Å². The number of nitrogens with two attached hydrogens (primary N) is 1. The van der Waals surface area contributed by atoms with Crippen LogP contribution >= 0.6 is 23.1 Å². The molecule has 1 rings (SSSR count). The van der Waals surface area contributed by atoms with Gasteiger partial charge in [0.1, 0.15) is 17.9 Å². The fourth-order valence-electron chi connectivity index (χ4n) is 1.51. The van der Waals surface area contributed by atoms with Crippen LogP contribution in [0, 0.1) is 0 Å². The highest BCUT2D eigenvalue weighted by Gasteiger charge is 2.21. The van der Waals surface area contributed by atoms with E-state index in [4.69, 9.17) is 20.0 Å².